The Kier molecular flexibility index (Phi) is 6.96. The molecule has 0 radical (unpaired) electrons. The third-order valence-electron chi connectivity index (χ3n) is 3.37. The molecule has 0 aromatic heterocycles. The highest BCUT2D eigenvalue weighted by atomic mass is 79.9. The first kappa shape index (κ1) is 20.6. The van der Waals surface area contributed by atoms with Crippen LogP contribution in [-0.2, 0) is 17.8 Å². The molecule has 2 aromatic rings. The molecule has 0 unspecified atom stereocenters. The molecule has 0 aliphatic carbocycles. The lowest BCUT2D eigenvalue weighted by molar-refractivity contribution is -0.384. The van der Waals surface area contributed by atoms with Crippen LogP contribution < -0.4 is 4.74 Å². The summed E-state index contributed by atoms with van der Waals surface area (Å²) >= 11 is 12.6. The van der Waals surface area contributed by atoms with Gasteiger partial charge in [-0.2, -0.15) is 0 Å². The average molecular weight is 512 g/mol. The van der Waals surface area contributed by atoms with E-state index in [0.29, 0.717) is 25.8 Å². The van der Waals surface area contributed by atoms with Gasteiger partial charge in [0.05, 0.1) is 13.9 Å². The number of ether oxygens (including phenoxy) is 1. The number of benzene rings is 2. The molecule has 0 saturated heterocycles. The number of carboxylic acid groups (broad SMARTS) is 1. The molecule has 0 aliphatic rings. The third kappa shape index (κ3) is 4.93. The van der Waals surface area contributed by atoms with Crippen molar-refractivity contribution in [1.29, 1.82) is 0 Å². The van der Waals surface area contributed by atoms with E-state index in [-0.39, 0.29) is 23.7 Å². The second-order valence-electron chi connectivity index (χ2n) is 5.19. The van der Waals surface area contributed by atoms with E-state index in [1.807, 2.05) is 0 Å². The Labute approximate surface area is 169 Å². The Morgan fingerprint density at radius 2 is 1.96 bits per heavy atom. The number of alkyl halides is 1. The van der Waals surface area contributed by atoms with Crippen LogP contribution in [0.2, 0.25) is 5.02 Å². The van der Waals surface area contributed by atoms with Gasteiger partial charge in [0.15, 0.2) is 0 Å². The van der Waals surface area contributed by atoms with Crippen molar-refractivity contribution in [3.05, 3.63) is 65.5 Å². The first-order valence-electron chi connectivity index (χ1n) is 7.10. The average Bonchev–Trinajstić information content (AvgIpc) is 2.55. The van der Waals surface area contributed by atoms with Crippen LogP contribution in [0.3, 0.4) is 0 Å². The largest absolute Gasteiger partial charge is 0.486 e. The fraction of sp³-hybridized carbons (Fsp3) is 0.188. The first-order chi connectivity index (χ1) is 12.2. The van der Waals surface area contributed by atoms with Crippen molar-refractivity contribution in [2.45, 2.75) is 19.2 Å². The summed E-state index contributed by atoms with van der Waals surface area (Å²) in [5, 5.41) is 19.6. The highest BCUT2D eigenvalue weighted by molar-refractivity contribution is 9.11. The molecule has 2 rings (SSSR count). The van der Waals surface area contributed by atoms with E-state index >= 15 is 0 Å². The molecular formula is C16H11Br2ClFNO5. The molecule has 0 bridgehead atoms. The van der Waals surface area contributed by atoms with Crippen LogP contribution in [0.5, 0.6) is 5.75 Å². The van der Waals surface area contributed by atoms with Crippen molar-refractivity contribution >= 4 is 55.1 Å². The van der Waals surface area contributed by atoms with E-state index in [1.165, 1.54) is 12.1 Å². The quantitative estimate of drug-likeness (QED) is 0.402. The fourth-order valence-electron chi connectivity index (χ4n) is 2.13. The number of nitrogens with zero attached hydrogens (tertiary/aromatic N) is 1. The number of aliphatic carboxylic acids is 1. The molecule has 10 heteroatoms. The van der Waals surface area contributed by atoms with Gasteiger partial charge in [-0.15, -0.1) is 0 Å². The van der Waals surface area contributed by atoms with Crippen molar-refractivity contribution in [3.8, 4) is 5.75 Å². The second kappa shape index (κ2) is 8.79. The minimum Gasteiger partial charge on any atom is -0.486 e. The molecule has 0 spiro atoms. The van der Waals surface area contributed by atoms with E-state index in [1.54, 1.807) is 18.2 Å². The minimum absolute atomic E-state index is 0.0110. The number of hydrogen-bond donors (Lipinski definition) is 1. The van der Waals surface area contributed by atoms with Gasteiger partial charge in [-0.05, 0) is 49.6 Å². The molecule has 6 nitrogen and oxygen atoms in total. The van der Waals surface area contributed by atoms with Crippen LogP contribution in [0.1, 0.15) is 11.1 Å². The van der Waals surface area contributed by atoms with Crippen LogP contribution in [0.25, 0.3) is 0 Å². The van der Waals surface area contributed by atoms with Crippen molar-refractivity contribution in [1.82, 2.24) is 0 Å². The van der Waals surface area contributed by atoms with Crippen molar-refractivity contribution in [2.24, 2.45) is 0 Å². The summed E-state index contributed by atoms with van der Waals surface area (Å²) in [6.45, 7) is -0.0298. The number of carbonyl (C=O) groups is 1. The van der Waals surface area contributed by atoms with E-state index in [9.17, 15) is 19.3 Å². The topological polar surface area (TPSA) is 89.7 Å². The lowest BCUT2D eigenvalue weighted by Crippen LogP contribution is -2.17. The molecule has 138 valence electrons. The number of halogens is 4. The lowest BCUT2D eigenvalue weighted by Gasteiger charge is -2.13. The van der Waals surface area contributed by atoms with Gasteiger partial charge in [-0.25, -0.2) is 9.18 Å². The Bertz CT molecular complexity index is 842. The van der Waals surface area contributed by atoms with E-state index < -0.39 is 17.1 Å². The van der Waals surface area contributed by atoms with Gasteiger partial charge >= 0.3 is 5.97 Å². The Hall–Kier alpha value is -1.71. The maximum atomic E-state index is 13.4. The fourth-order valence-corrected chi connectivity index (χ4v) is 3.89. The van der Waals surface area contributed by atoms with Crippen LogP contribution in [0.15, 0.2) is 39.3 Å². The standard InChI is InChI=1S/C16H11Br2ClFNO5/c17-10-4-8(6-12(20)16(22)23)5-11(18)15(10)26-7-9-2-1-3-13(14(9)19)21(24)25/h1-5,12H,6-7H2,(H,22,23)/t12-/m0/s1. The maximum absolute atomic E-state index is 13.4. The number of carboxylic acids is 1. The summed E-state index contributed by atoms with van der Waals surface area (Å²) < 4.78 is 20.0. The lowest BCUT2D eigenvalue weighted by atomic mass is 10.1. The summed E-state index contributed by atoms with van der Waals surface area (Å²) in [6.07, 6.45) is -2.30. The molecule has 2 aromatic carbocycles. The Morgan fingerprint density at radius 3 is 2.50 bits per heavy atom. The SMILES string of the molecule is O=C(O)[C@@H](F)Cc1cc(Br)c(OCc2cccc([N+](=O)[O-])c2Cl)c(Br)c1. The van der Waals surface area contributed by atoms with Crippen LogP contribution >= 0.6 is 43.5 Å². The number of rotatable bonds is 7. The van der Waals surface area contributed by atoms with E-state index in [4.69, 9.17) is 21.4 Å². The number of hydrogen-bond acceptors (Lipinski definition) is 4. The second-order valence-corrected chi connectivity index (χ2v) is 7.28. The third-order valence-corrected chi connectivity index (χ3v) is 4.98. The Balaban J connectivity index is 2.19. The zero-order chi connectivity index (χ0) is 19.4. The van der Waals surface area contributed by atoms with Gasteiger partial charge in [0, 0.05) is 18.1 Å². The van der Waals surface area contributed by atoms with E-state index in [0.717, 1.165) is 0 Å². The zero-order valence-corrected chi connectivity index (χ0v) is 16.8. The van der Waals surface area contributed by atoms with Gasteiger partial charge in [0.1, 0.15) is 17.4 Å². The molecule has 0 amide bonds. The predicted molar refractivity (Wildman–Crippen MR) is 101 cm³/mol. The zero-order valence-electron chi connectivity index (χ0n) is 12.9. The molecule has 26 heavy (non-hydrogen) atoms. The summed E-state index contributed by atoms with van der Waals surface area (Å²) in [6, 6.07) is 7.49. The van der Waals surface area contributed by atoms with Crippen molar-refractivity contribution < 1.29 is 24.0 Å². The smallest absolute Gasteiger partial charge is 0.338 e. The van der Waals surface area contributed by atoms with Gasteiger partial charge in [0.2, 0.25) is 6.17 Å². The summed E-state index contributed by atoms with van der Waals surface area (Å²) in [5.41, 5.74) is 0.668. The summed E-state index contributed by atoms with van der Waals surface area (Å²) in [4.78, 5) is 21.0. The molecule has 1 N–H and O–H groups in total. The van der Waals surface area contributed by atoms with Crippen molar-refractivity contribution in [3.63, 3.8) is 0 Å². The van der Waals surface area contributed by atoms with Crippen LogP contribution in [0.4, 0.5) is 10.1 Å². The van der Waals surface area contributed by atoms with Gasteiger partial charge < -0.3 is 9.84 Å². The van der Waals surface area contributed by atoms with Crippen LogP contribution in [0, 0.1) is 10.1 Å². The van der Waals surface area contributed by atoms with Gasteiger partial charge in [-0.1, -0.05) is 23.7 Å². The number of nitro groups is 1. The first-order valence-corrected chi connectivity index (χ1v) is 9.06. The Morgan fingerprint density at radius 1 is 1.35 bits per heavy atom. The monoisotopic (exact) mass is 509 g/mol. The molecular weight excluding hydrogens is 500 g/mol. The summed E-state index contributed by atoms with van der Waals surface area (Å²) in [5.74, 6) is -1.15. The number of nitro benzene ring substituents is 1. The van der Waals surface area contributed by atoms with Crippen LogP contribution in [-0.4, -0.2) is 22.2 Å². The van der Waals surface area contributed by atoms with Crippen molar-refractivity contribution in [2.75, 3.05) is 0 Å². The molecule has 0 saturated carbocycles. The highest BCUT2D eigenvalue weighted by Gasteiger charge is 2.19. The van der Waals surface area contributed by atoms with Gasteiger partial charge in [-0.3, -0.25) is 10.1 Å². The molecule has 1 atom stereocenters. The summed E-state index contributed by atoms with van der Waals surface area (Å²) in [7, 11) is 0. The maximum Gasteiger partial charge on any atom is 0.338 e. The normalized spacial score (nSPS) is 11.8. The van der Waals surface area contributed by atoms with E-state index in [2.05, 4.69) is 31.9 Å². The predicted octanol–water partition coefficient (Wildman–Crippen LogP) is 5.32. The highest BCUT2D eigenvalue weighted by Crippen LogP contribution is 2.37. The van der Waals surface area contributed by atoms with Gasteiger partial charge in [0.25, 0.3) is 5.69 Å². The minimum atomic E-state index is -2.01. The molecule has 0 fully saturated rings. The molecule has 0 aliphatic heterocycles. The molecule has 0 heterocycles.